The van der Waals surface area contributed by atoms with Gasteiger partial charge in [-0.2, -0.15) is 5.10 Å². The van der Waals surface area contributed by atoms with Crippen LogP contribution in [0, 0.1) is 6.92 Å². The monoisotopic (exact) mass is 418 g/mol. The lowest BCUT2D eigenvalue weighted by Crippen LogP contribution is -2.24. The Labute approximate surface area is 180 Å². The van der Waals surface area contributed by atoms with Gasteiger partial charge in [-0.3, -0.25) is 4.79 Å². The van der Waals surface area contributed by atoms with Crippen LogP contribution < -0.4 is 19.6 Å². The second kappa shape index (κ2) is 10.6. The predicted octanol–water partition coefficient (Wildman–Crippen LogP) is 3.75. The molecule has 3 aromatic rings. The molecule has 0 aliphatic carbocycles. The Bertz CT molecular complexity index is 1060. The molecule has 0 radical (unpaired) electrons. The van der Waals surface area contributed by atoms with Gasteiger partial charge in [-0.15, -0.1) is 0 Å². The Morgan fingerprint density at radius 3 is 2.32 bits per heavy atom. The van der Waals surface area contributed by atoms with E-state index in [1.54, 1.807) is 61.7 Å². The number of carbonyl (C=O) groups is 2. The Morgan fingerprint density at radius 2 is 1.65 bits per heavy atom. The standard InChI is InChI=1S/C24H22N2O5/c1-17-4-3-5-22(14-17)30-16-23(27)26-25-15-18-6-10-21(11-7-18)31-24(28)19-8-12-20(29-2)13-9-19/h3-15H,16H2,1-2H3,(H,26,27). The number of hydrazone groups is 1. The molecule has 0 fully saturated rings. The van der Waals surface area contributed by atoms with Crippen molar-refractivity contribution in [3.05, 3.63) is 89.5 Å². The quantitative estimate of drug-likeness (QED) is 0.261. The van der Waals surface area contributed by atoms with Gasteiger partial charge >= 0.3 is 5.97 Å². The normalized spacial score (nSPS) is 10.5. The van der Waals surface area contributed by atoms with E-state index in [-0.39, 0.29) is 12.5 Å². The molecular formula is C24H22N2O5. The van der Waals surface area contributed by atoms with Crippen LogP contribution in [0.25, 0.3) is 0 Å². The van der Waals surface area contributed by atoms with E-state index in [0.717, 1.165) is 11.1 Å². The summed E-state index contributed by atoms with van der Waals surface area (Å²) in [5.41, 5.74) is 4.60. The third-order valence-corrected chi connectivity index (χ3v) is 4.18. The van der Waals surface area contributed by atoms with Gasteiger partial charge in [0.2, 0.25) is 0 Å². The van der Waals surface area contributed by atoms with Gasteiger partial charge in [-0.25, -0.2) is 10.2 Å². The first-order valence-corrected chi connectivity index (χ1v) is 9.51. The van der Waals surface area contributed by atoms with Crippen LogP contribution in [0.1, 0.15) is 21.5 Å². The molecule has 0 spiro atoms. The molecule has 1 N–H and O–H groups in total. The van der Waals surface area contributed by atoms with Gasteiger partial charge in [0.25, 0.3) is 5.91 Å². The highest BCUT2D eigenvalue weighted by Gasteiger charge is 2.08. The van der Waals surface area contributed by atoms with Crippen molar-refractivity contribution in [3.63, 3.8) is 0 Å². The van der Waals surface area contributed by atoms with Crippen molar-refractivity contribution >= 4 is 18.1 Å². The van der Waals surface area contributed by atoms with Crippen LogP contribution in [0.2, 0.25) is 0 Å². The maximum Gasteiger partial charge on any atom is 0.343 e. The van der Waals surface area contributed by atoms with E-state index in [1.807, 2.05) is 25.1 Å². The van der Waals surface area contributed by atoms with Crippen LogP contribution in [0.15, 0.2) is 77.9 Å². The van der Waals surface area contributed by atoms with E-state index in [9.17, 15) is 9.59 Å². The van der Waals surface area contributed by atoms with Crippen LogP contribution in [0.5, 0.6) is 17.2 Å². The largest absolute Gasteiger partial charge is 0.497 e. The van der Waals surface area contributed by atoms with Crippen molar-refractivity contribution in [1.29, 1.82) is 0 Å². The highest BCUT2D eigenvalue weighted by Crippen LogP contribution is 2.16. The minimum absolute atomic E-state index is 0.138. The van der Waals surface area contributed by atoms with E-state index in [1.165, 1.54) is 6.21 Å². The molecule has 7 nitrogen and oxygen atoms in total. The number of carbonyl (C=O) groups excluding carboxylic acids is 2. The molecule has 0 aliphatic heterocycles. The number of benzene rings is 3. The number of hydrogen-bond donors (Lipinski definition) is 1. The number of nitrogens with zero attached hydrogens (tertiary/aromatic N) is 1. The van der Waals surface area contributed by atoms with Crippen molar-refractivity contribution in [2.45, 2.75) is 6.92 Å². The first kappa shape index (κ1) is 21.6. The lowest BCUT2D eigenvalue weighted by atomic mass is 10.2. The number of hydrogen-bond acceptors (Lipinski definition) is 6. The van der Waals surface area contributed by atoms with Gasteiger partial charge in [-0.1, -0.05) is 12.1 Å². The second-order valence-electron chi connectivity index (χ2n) is 6.59. The topological polar surface area (TPSA) is 86.2 Å². The lowest BCUT2D eigenvalue weighted by molar-refractivity contribution is -0.123. The van der Waals surface area contributed by atoms with E-state index >= 15 is 0 Å². The van der Waals surface area contributed by atoms with Gasteiger partial charge in [0.05, 0.1) is 18.9 Å². The van der Waals surface area contributed by atoms with Crippen LogP contribution in [0.4, 0.5) is 0 Å². The predicted molar refractivity (Wildman–Crippen MR) is 117 cm³/mol. The summed E-state index contributed by atoms with van der Waals surface area (Å²) in [6, 6.07) is 20.8. The van der Waals surface area contributed by atoms with Crippen LogP contribution in [-0.4, -0.2) is 31.8 Å². The molecule has 0 saturated heterocycles. The first-order chi connectivity index (χ1) is 15.0. The fourth-order valence-corrected chi connectivity index (χ4v) is 2.58. The number of rotatable bonds is 8. The summed E-state index contributed by atoms with van der Waals surface area (Å²) in [6.45, 7) is 1.81. The van der Waals surface area contributed by atoms with Crippen LogP contribution in [0.3, 0.4) is 0 Å². The summed E-state index contributed by atoms with van der Waals surface area (Å²) in [5, 5.41) is 3.90. The molecule has 0 aromatic heterocycles. The Morgan fingerprint density at radius 1 is 0.935 bits per heavy atom. The minimum Gasteiger partial charge on any atom is -0.497 e. The van der Waals surface area contributed by atoms with Crippen molar-refractivity contribution in [3.8, 4) is 17.2 Å². The third-order valence-electron chi connectivity index (χ3n) is 4.18. The molecule has 0 unspecified atom stereocenters. The highest BCUT2D eigenvalue weighted by atomic mass is 16.5. The van der Waals surface area contributed by atoms with Gasteiger partial charge in [0.1, 0.15) is 17.2 Å². The highest BCUT2D eigenvalue weighted by molar-refractivity contribution is 5.91. The Hall–Kier alpha value is -4.13. The molecule has 3 aromatic carbocycles. The van der Waals surface area contributed by atoms with Gasteiger partial charge < -0.3 is 14.2 Å². The zero-order valence-corrected chi connectivity index (χ0v) is 17.2. The summed E-state index contributed by atoms with van der Waals surface area (Å²) in [7, 11) is 1.56. The zero-order valence-electron chi connectivity index (χ0n) is 17.2. The number of nitrogens with one attached hydrogen (secondary N) is 1. The van der Waals surface area contributed by atoms with Crippen molar-refractivity contribution < 1.29 is 23.8 Å². The van der Waals surface area contributed by atoms with E-state index in [4.69, 9.17) is 14.2 Å². The Balaban J connectivity index is 1.46. The average Bonchev–Trinajstić information content (AvgIpc) is 2.79. The van der Waals surface area contributed by atoms with Gasteiger partial charge in [0, 0.05) is 0 Å². The summed E-state index contributed by atoms with van der Waals surface area (Å²) in [5.74, 6) is 0.842. The fourth-order valence-electron chi connectivity index (χ4n) is 2.58. The fraction of sp³-hybridized carbons (Fsp3) is 0.125. The molecule has 7 heteroatoms. The molecule has 158 valence electrons. The van der Waals surface area contributed by atoms with E-state index < -0.39 is 5.97 Å². The Kier molecular flexibility index (Phi) is 7.37. The average molecular weight is 418 g/mol. The number of aryl methyl sites for hydroxylation is 1. The summed E-state index contributed by atoms with van der Waals surface area (Å²) in [6.07, 6.45) is 1.49. The summed E-state index contributed by atoms with van der Waals surface area (Å²) < 4.78 is 15.8. The van der Waals surface area contributed by atoms with Crippen molar-refractivity contribution in [2.75, 3.05) is 13.7 Å². The van der Waals surface area contributed by atoms with E-state index in [0.29, 0.717) is 22.8 Å². The third kappa shape index (κ3) is 6.71. The maximum atomic E-state index is 12.2. The molecular weight excluding hydrogens is 396 g/mol. The molecule has 0 aliphatic rings. The molecule has 0 bridgehead atoms. The number of esters is 1. The summed E-state index contributed by atoms with van der Waals surface area (Å²) >= 11 is 0. The smallest absolute Gasteiger partial charge is 0.343 e. The maximum absolute atomic E-state index is 12.2. The van der Waals surface area contributed by atoms with Crippen molar-refractivity contribution in [1.82, 2.24) is 5.43 Å². The molecule has 0 atom stereocenters. The molecule has 31 heavy (non-hydrogen) atoms. The van der Waals surface area contributed by atoms with Crippen molar-refractivity contribution in [2.24, 2.45) is 5.10 Å². The summed E-state index contributed by atoms with van der Waals surface area (Å²) in [4.78, 5) is 24.0. The van der Waals surface area contributed by atoms with Gasteiger partial charge in [-0.05, 0) is 78.7 Å². The van der Waals surface area contributed by atoms with Gasteiger partial charge in [0.15, 0.2) is 6.61 Å². The molecule has 0 saturated carbocycles. The number of ether oxygens (including phenoxy) is 3. The first-order valence-electron chi connectivity index (χ1n) is 9.51. The minimum atomic E-state index is -0.468. The molecule has 3 rings (SSSR count). The SMILES string of the molecule is COc1ccc(C(=O)Oc2ccc(C=NNC(=O)COc3cccc(C)c3)cc2)cc1. The molecule has 0 heterocycles. The number of amides is 1. The number of methoxy groups -OCH3 is 1. The zero-order chi connectivity index (χ0) is 22.1. The van der Waals surface area contributed by atoms with Crippen LogP contribution >= 0.6 is 0 Å². The van der Waals surface area contributed by atoms with E-state index in [2.05, 4.69) is 10.5 Å². The molecule has 1 amide bonds. The lowest BCUT2D eigenvalue weighted by Gasteiger charge is -2.06. The van der Waals surface area contributed by atoms with Crippen LogP contribution in [-0.2, 0) is 4.79 Å². The second-order valence-corrected chi connectivity index (χ2v) is 6.59.